The van der Waals surface area contributed by atoms with Crippen molar-refractivity contribution < 1.29 is 17.9 Å². The highest BCUT2D eigenvalue weighted by Gasteiger charge is 2.54. The lowest BCUT2D eigenvalue weighted by Crippen LogP contribution is -2.52. The number of hydrogen-bond donors (Lipinski definition) is 1. The van der Waals surface area contributed by atoms with Crippen molar-refractivity contribution >= 4 is 26.7 Å². The van der Waals surface area contributed by atoms with Gasteiger partial charge in [0, 0.05) is 16.6 Å². The summed E-state index contributed by atoms with van der Waals surface area (Å²) in [7, 11) is -2.69. The fourth-order valence-corrected chi connectivity index (χ4v) is 6.51. The molecular weight excluding hydrogens is 386 g/mol. The van der Waals surface area contributed by atoms with E-state index in [2.05, 4.69) is 30.1 Å². The molecule has 5 nitrogen and oxygen atoms in total. The van der Waals surface area contributed by atoms with Crippen LogP contribution in [0.25, 0.3) is 10.9 Å². The third-order valence-corrected chi connectivity index (χ3v) is 8.83. The molecule has 4 rings (SSSR count). The number of benzene rings is 2. The number of aryl methyl sites for hydroxylation is 2. The molecule has 0 saturated carbocycles. The Morgan fingerprint density at radius 1 is 1.17 bits per heavy atom. The van der Waals surface area contributed by atoms with E-state index in [1.54, 1.807) is 18.2 Å². The van der Waals surface area contributed by atoms with Crippen molar-refractivity contribution in [2.45, 2.75) is 42.8 Å². The van der Waals surface area contributed by atoms with E-state index in [-0.39, 0.29) is 10.8 Å². The largest absolute Gasteiger partial charge is 0.468 e. The maximum Gasteiger partial charge on any atom is 0.327 e. The molecule has 6 heteroatoms. The molecule has 1 aliphatic carbocycles. The normalized spacial score (nSPS) is 18.8. The van der Waals surface area contributed by atoms with Crippen molar-refractivity contribution in [1.82, 2.24) is 4.98 Å². The molecule has 2 unspecified atom stereocenters. The number of nitrogens with one attached hydrogen (secondary N) is 1. The van der Waals surface area contributed by atoms with Crippen molar-refractivity contribution in [3.8, 4) is 0 Å². The highest BCUT2D eigenvalue weighted by molar-refractivity contribution is 7.93. The summed E-state index contributed by atoms with van der Waals surface area (Å²) in [6, 6.07) is 14.4. The Kier molecular flexibility index (Phi) is 4.77. The third-order valence-electron chi connectivity index (χ3n) is 6.32. The van der Waals surface area contributed by atoms with Crippen LogP contribution in [0.1, 0.15) is 30.2 Å². The minimum absolute atomic E-state index is 0.144. The number of aromatic nitrogens is 1. The fourth-order valence-electron chi connectivity index (χ4n) is 4.56. The van der Waals surface area contributed by atoms with Crippen LogP contribution in [-0.4, -0.2) is 31.2 Å². The molecule has 1 aromatic heterocycles. The average Bonchev–Trinajstić information content (AvgIpc) is 3.10. The minimum Gasteiger partial charge on any atom is -0.468 e. The molecule has 0 aliphatic heterocycles. The second-order valence-corrected chi connectivity index (χ2v) is 10.3. The fraction of sp³-hybridized carbons (Fsp3) is 0.348. The van der Waals surface area contributed by atoms with E-state index in [1.807, 2.05) is 0 Å². The summed E-state index contributed by atoms with van der Waals surface area (Å²) in [5.41, 5.74) is 4.48. The molecule has 0 saturated heterocycles. The molecule has 0 bridgehead atoms. The molecule has 0 amide bonds. The van der Waals surface area contributed by atoms with Crippen molar-refractivity contribution in [3.05, 3.63) is 65.4 Å². The monoisotopic (exact) mass is 411 g/mol. The van der Waals surface area contributed by atoms with Gasteiger partial charge in [-0.2, -0.15) is 0 Å². The summed E-state index contributed by atoms with van der Waals surface area (Å²) >= 11 is 0. The molecule has 0 radical (unpaired) electrons. The Bertz CT molecular complexity index is 1180. The van der Waals surface area contributed by atoms with Crippen LogP contribution < -0.4 is 0 Å². The Hall–Kier alpha value is -2.60. The van der Waals surface area contributed by atoms with Gasteiger partial charge in [-0.15, -0.1) is 0 Å². The van der Waals surface area contributed by atoms with Gasteiger partial charge in [-0.3, -0.25) is 4.79 Å². The van der Waals surface area contributed by atoms with Crippen LogP contribution in [0, 0.1) is 12.8 Å². The van der Waals surface area contributed by atoms with E-state index in [0.29, 0.717) is 12.8 Å². The molecule has 29 heavy (non-hydrogen) atoms. The van der Waals surface area contributed by atoms with Crippen LogP contribution in [-0.2, 0) is 32.2 Å². The van der Waals surface area contributed by atoms with Gasteiger partial charge in [0.15, 0.2) is 14.6 Å². The molecule has 3 aromatic rings. The zero-order chi connectivity index (χ0) is 20.8. The summed E-state index contributed by atoms with van der Waals surface area (Å²) in [4.78, 5) is 16.5. The molecule has 0 spiro atoms. The zero-order valence-electron chi connectivity index (χ0n) is 16.9. The van der Waals surface area contributed by atoms with Gasteiger partial charge in [0.05, 0.1) is 12.0 Å². The van der Waals surface area contributed by atoms with Crippen LogP contribution in [0.5, 0.6) is 0 Å². The summed E-state index contributed by atoms with van der Waals surface area (Å²) in [5.74, 6) is -1.09. The lowest BCUT2D eigenvalue weighted by Gasteiger charge is -2.36. The highest BCUT2D eigenvalue weighted by atomic mass is 32.2. The van der Waals surface area contributed by atoms with Crippen molar-refractivity contribution in [2.24, 2.45) is 5.92 Å². The van der Waals surface area contributed by atoms with Crippen LogP contribution in [0.2, 0.25) is 0 Å². The summed E-state index contributed by atoms with van der Waals surface area (Å²) < 4.78 is 30.5. The van der Waals surface area contributed by atoms with Crippen molar-refractivity contribution in [2.75, 3.05) is 7.11 Å². The Balaban J connectivity index is 1.80. The van der Waals surface area contributed by atoms with Crippen LogP contribution in [0.4, 0.5) is 0 Å². The van der Waals surface area contributed by atoms with E-state index in [1.165, 1.54) is 42.7 Å². The standard InChI is InChI=1S/C23H25NO4S/c1-15-9-12-20-19(13-15)18-11-10-16(14-21(18)24-20)23(2,22(25)28-3)29(26,27)17-7-5-4-6-8-17/h4-9,12-13,16,24H,10-11,14H2,1-3H3. The Labute approximate surface area is 171 Å². The number of carbonyl (C=O) groups is 1. The number of hydrogen-bond acceptors (Lipinski definition) is 4. The van der Waals surface area contributed by atoms with Crippen molar-refractivity contribution in [1.29, 1.82) is 0 Å². The predicted molar refractivity (Wildman–Crippen MR) is 113 cm³/mol. The smallest absolute Gasteiger partial charge is 0.327 e. The van der Waals surface area contributed by atoms with Gasteiger partial charge in [-0.05, 0) is 68.9 Å². The lowest BCUT2D eigenvalue weighted by atomic mass is 9.79. The van der Waals surface area contributed by atoms with E-state index in [4.69, 9.17) is 4.74 Å². The van der Waals surface area contributed by atoms with E-state index < -0.39 is 20.6 Å². The average molecular weight is 412 g/mol. The molecule has 2 atom stereocenters. The van der Waals surface area contributed by atoms with Gasteiger partial charge in [-0.1, -0.05) is 29.8 Å². The molecule has 0 fully saturated rings. The topological polar surface area (TPSA) is 76.2 Å². The zero-order valence-corrected chi connectivity index (χ0v) is 17.7. The molecule has 1 aliphatic rings. The van der Waals surface area contributed by atoms with Crippen LogP contribution in [0.15, 0.2) is 53.4 Å². The van der Waals surface area contributed by atoms with Gasteiger partial charge in [0.1, 0.15) is 0 Å². The summed E-state index contributed by atoms with van der Waals surface area (Å²) in [5, 5.41) is 1.18. The van der Waals surface area contributed by atoms with Crippen LogP contribution >= 0.6 is 0 Å². The van der Waals surface area contributed by atoms with Crippen molar-refractivity contribution in [3.63, 3.8) is 0 Å². The van der Waals surface area contributed by atoms with E-state index in [0.717, 1.165) is 17.6 Å². The number of ether oxygens (including phenoxy) is 1. The quantitative estimate of drug-likeness (QED) is 0.659. The Morgan fingerprint density at radius 3 is 2.59 bits per heavy atom. The van der Waals surface area contributed by atoms with Gasteiger partial charge in [0.2, 0.25) is 0 Å². The van der Waals surface area contributed by atoms with Crippen LogP contribution in [0.3, 0.4) is 0 Å². The maximum absolute atomic E-state index is 13.6. The number of carbonyl (C=O) groups excluding carboxylic acids is 1. The predicted octanol–water partition coefficient (Wildman–Crippen LogP) is 3.99. The molecule has 1 heterocycles. The number of esters is 1. The number of fused-ring (bicyclic) bond motifs is 3. The lowest BCUT2D eigenvalue weighted by molar-refractivity contribution is -0.145. The first-order chi connectivity index (χ1) is 13.8. The van der Waals surface area contributed by atoms with E-state index in [9.17, 15) is 13.2 Å². The first-order valence-electron chi connectivity index (χ1n) is 9.77. The third kappa shape index (κ3) is 2.97. The molecule has 152 valence electrons. The highest BCUT2D eigenvalue weighted by Crippen LogP contribution is 2.42. The first kappa shape index (κ1) is 19.7. The summed E-state index contributed by atoms with van der Waals surface area (Å²) in [6.07, 6.45) is 1.81. The van der Waals surface area contributed by atoms with Gasteiger partial charge < -0.3 is 9.72 Å². The number of aromatic amines is 1. The number of methoxy groups -OCH3 is 1. The van der Waals surface area contributed by atoms with E-state index >= 15 is 0 Å². The second-order valence-electron chi connectivity index (χ2n) is 7.99. The number of rotatable bonds is 4. The van der Waals surface area contributed by atoms with Gasteiger partial charge in [-0.25, -0.2) is 8.42 Å². The Morgan fingerprint density at radius 2 is 1.90 bits per heavy atom. The van der Waals surface area contributed by atoms with Gasteiger partial charge >= 0.3 is 5.97 Å². The SMILES string of the molecule is COC(=O)C(C)(C1CCc2c([nH]c3ccc(C)cc23)C1)S(=O)(=O)c1ccccc1. The molecule has 1 N–H and O–H groups in total. The second kappa shape index (κ2) is 7.02. The van der Waals surface area contributed by atoms with Gasteiger partial charge in [0.25, 0.3) is 0 Å². The number of H-pyrrole nitrogens is 1. The first-order valence-corrected chi connectivity index (χ1v) is 11.3. The summed E-state index contributed by atoms with van der Waals surface area (Å²) in [6.45, 7) is 3.58. The number of sulfone groups is 1. The molecular formula is C23H25NO4S. The minimum atomic E-state index is -3.94. The maximum atomic E-state index is 13.6. The molecule has 2 aromatic carbocycles.